The second-order valence-electron chi connectivity index (χ2n) is 11.8. The number of amides is 1. The number of aromatic nitrogens is 5. The molecule has 2 aromatic carbocycles. The first-order valence-corrected chi connectivity index (χ1v) is 15.3. The first kappa shape index (κ1) is 30.7. The number of rotatable bonds is 7. The van der Waals surface area contributed by atoms with E-state index in [0.29, 0.717) is 48.3 Å². The third-order valence-corrected chi connectivity index (χ3v) is 8.89. The maximum absolute atomic E-state index is 14.4. The smallest absolute Gasteiger partial charge is 0.407 e. The van der Waals surface area contributed by atoms with Crippen LogP contribution in [0.2, 0.25) is 0 Å². The molecule has 1 aliphatic rings. The zero-order valence-corrected chi connectivity index (χ0v) is 25.4. The quantitative estimate of drug-likeness (QED) is 0.222. The van der Waals surface area contributed by atoms with E-state index in [0.717, 1.165) is 34.2 Å². The van der Waals surface area contributed by atoms with Crippen molar-refractivity contribution in [3.8, 4) is 16.8 Å². The van der Waals surface area contributed by atoms with Crippen LogP contribution in [0, 0.1) is 11.6 Å². The van der Waals surface area contributed by atoms with E-state index in [-0.39, 0.29) is 17.6 Å². The summed E-state index contributed by atoms with van der Waals surface area (Å²) in [5, 5.41) is 10.0. The summed E-state index contributed by atoms with van der Waals surface area (Å²) in [4.78, 5) is 61.3. The fourth-order valence-electron chi connectivity index (χ4n) is 6.56. The van der Waals surface area contributed by atoms with Crippen LogP contribution >= 0.6 is 0 Å². The minimum atomic E-state index is -1.14. The highest BCUT2D eigenvalue weighted by molar-refractivity contribution is 5.78. The van der Waals surface area contributed by atoms with Crippen LogP contribution in [0.25, 0.3) is 33.5 Å². The summed E-state index contributed by atoms with van der Waals surface area (Å²) < 4.78 is 32.0. The lowest BCUT2D eigenvalue weighted by atomic mass is 9.90. The Bertz CT molecular complexity index is 2320. The number of benzene rings is 2. The van der Waals surface area contributed by atoms with Crippen molar-refractivity contribution in [2.75, 3.05) is 0 Å². The van der Waals surface area contributed by atoms with Gasteiger partial charge >= 0.3 is 11.8 Å². The van der Waals surface area contributed by atoms with Gasteiger partial charge in [-0.05, 0) is 67.1 Å². The molecule has 242 valence electrons. The Balaban J connectivity index is 1.21. The number of hydrogen-bond acceptors (Lipinski definition) is 6. The zero-order chi connectivity index (χ0) is 33.5. The second kappa shape index (κ2) is 12.3. The molecule has 4 heterocycles. The number of hydrogen-bond donors (Lipinski definition) is 1. The van der Waals surface area contributed by atoms with Crippen LogP contribution in [0.15, 0.2) is 94.9 Å². The second-order valence-corrected chi connectivity index (χ2v) is 11.8. The summed E-state index contributed by atoms with van der Waals surface area (Å²) in [6.07, 6.45) is 4.75. The van der Waals surface area contributed by atoms with E-state index >= 15 is 0 Å². The molecule has 13 heteroatoms. The number of halogens is 2. The Morgan fingerprint density at radius 2 is 1.71 bits per heavy atom. The molecular formula is C35H28F2N6O5. The summed E-state index contributed by atoms with van der Waals surface area (Å²) in [6, 6.07) is 16.8. The number of aldehydes is 1. The molecule has 6 aromatic rings. The van der Waals surface area contributed by atoms with Crippen molar-refractivity contribution in [1.82, 2.24) is 28.4 Å². The van der Waals surface area contributed by atoms with Crippen molar-refractivity contribution in [3.05, 3.63) is 129 Å². The van der Waals surface area contributed by atoms with Crippen LogP contribution in [-0.2, 0) is 6.54 Å². The van der Waals surface area contributed by atoms with Gasteiger partial charge in [0.15, 0.2) is 5.65 Å². The van der Waals surface area contributed by atoms with Gasteiger partial charge in [-0.25, -0.2) is 32.9 Å². The summed E-state index contributed by atoms with van der Waals surface area (Å²) in [5.41, 5.74) is 2.10. The molecule has 0 spiro atoms. The van der Waals surface area contributed by atoms with Gasteiger partial charge in [0, 0.05) is 30.0 Å². The first-order chi connectivity index (χ1) is 23.2. The normalized spacial score (nSPS) is 16.3. The highest BCUT2D eigenvalue weighted by Gasteiger charge is 2.32. The summed E-state index contributed by atoms with van der Waals surface area (Å²) in [6.45, 7) is -0.0180. The molecule has 1 amide bonds. The third-order valence-electron chi connectivity index (χ3n) is 8.89. The summed E-state index contributed by atoms with van der Waals surface area (Å²) >= 11 is 0. The molecule has 0 radical (unpaired) electrons. The van der Waals surface area contributed by atoms with Gasteiger partial charge in [-0.3, -0.25) is 19.1 Å². The predicted octanol–water partition coefficient (Wildman–Crippen LogP) is 5.62. The zero-order valence-electron chi connectivity index (χ0n) is 25.4. The number of carboxylic acid groups (broad SMARTS) is 1. The Labute approximate surface area is 271 Å². The van der Waals surface area contributed by atoms with E-state index in [4.69, 9.17) is 0 Å². The lowest BCUT2D eigenvalue weighted by Crippen LogP contribution is -2.46. The van der Waals surface area contributed by atoms with Crippen molar-refractivity contribution < 1.29 is 23.5 Å². The number of fused-ring (bicyclic) bond motifs is 2. The number of imidazole rings is 1. The van der Waals surface area contributed by atoms with Gasteiger partial charge in [0.25, 0.3) is 5.56 Å². The van der Waals surface area contributed by atoms with Crippen molar-refractivity contribution in [1.29, 1.82) is 0 Å². The van der Waals surface area contributed by atoms with Crippen molar-refractivity contribution in [2.24, 2.45) is 0 Å². The van der Waals surface area contributed by atoms with Crippen LogP contribution in [-0.4, -0.2) is 51.9 Å². The van der Waals surface area contributed by atoms with Crippen molar-refractivity contribution in [3.63, 3.8) is 0 Å². The van der Waals surface area contributed by atoms with Crippen LogP contribution in [0.5, 0.6) is 0 Å². The fourth-order valence-corrected chi connectivity index (χ4v) is 6.56. The standard InChI is InChI=1S/C35H28F2N6O5/c36-24-8-13-31-39-26(18-40(31)17-24)19-41(35(47)48)27-9-11-28(12-10-27)43-33(45)30-15-25(37)16-38-32(30)42(34(43)46)29-3-1-2-23(14-29)22-6-4-21(20-44)5-7-22/h1-8,13-18,20,27-28H,9-12,19H2,(H,47,48)/t27-,28+. The van der Waals surface area contributed by atoms with Gasteiger partial charge in [0.1, 0.15) is 23.6 Å². The SMILES string of the molecule is O=Cc1ccc(-c2cccc(-n3c(=O)n([C@H]4CC[C@@H](N(Cc5cn6cc(F)ccc6n5)C(=O)O)CC4)c(=O)c4cc(F)cnc43)c2)cc1. The number of nitrogens with zero attached hydrogens (tertiary/aromatic N) is 6. The molecule has 48 heavy (non-hydrogen) atoms. The third kappa shape index (κ3) is 5.63. The Hall–Kier alpha value is -5.98. The number of carbonyl (C=O) groups excluding carboxylic acids is 1. The van der Waals surface area contributed by atoms with Crippen LogP contribution in [0.3, 0.4) is 0 Å². The highest BCUT2D eigenvalue weighted by atomic mass is 19.1. The highest BCUT2D eigenvalue weighted by Crippen LogP contribution is 2.31. The molecule has 0 saturated heterocycles. The molecular weight excluding hydrogens is 622 g/mol. The van der Waals surface area contributed by atoms with Gasteiger partial charge in [-0.15, -0.1) is 0 Å². The lowest BCUT2D eigenvalue weighted by molar-refractivity contribution is 0.0983. The topological polar surface area (TPSA) is 132 Å². The van der Waals surface area contributed by atoms with Gasteiger partial charge in [-0.1, -0.05) is 36.4 Å². The van der Waals surface area contributed by atoms with E-state index in [9.17, 15) is 33.1 Å². The molecule has 1 saturated carbocycles. The Morgan fingerprint density at radius 1 is 0.938 bits per heavy atom. The predicted molar refractivity (Wildman–Crippen MR) is 172 cm³/mol. The maximum atomic E-state index is 14.4. The van der Waals surface area contributed by atoms with E-state index in [1.54, 1.807) is 48.7 Å². The minimum Gasteiger partial charge on any atom is -0.465 e. The van der Waals surface area contributed by atoms with Crippen molar-refractivity contribution in [2.45, 2.75) is 44.3 Å². The van der Waals surface area contributed by atoms with Crippen LogP contribution < -0.4 is 11.2 Å². The maximum Gasteiger partial charge on any atom is 0.407 e. The monoisotopic (exact) mass is 650 g/mol. The Morgan fingerprint density at radius 3 is 2.44 bits per heavy atom. The molecule has 11 nitrogen and oxygen atoms in total. The Kier molecular flexibility index (Phi) is 7.87. The molecule has 0 bridgehead atoms. The molecule has 0 unspecified atom stereocenters. The van der Waals surface area contributed by atoms with E-state index in [1.807, 2.05) is 6.07 Å². The molecule has 4 aromatic heterocycles. The van der Waals surface area contributed by atoms with Gasteiger partial charge in [-0.2, -0.15) is 0 Å². The van der Waals surface area contributed by atoms with Gasteiger partial charge in [0.2, 0.25) is 0 Å². The molecule has 1 N–H and O–H groups in total. The van der Waals surface area contributed by atoms with Gasteiger partial charge < -0.3 is 9.51 Å². The van der Waals surface area contributed by atoms with Crippen LogP contribution in [0.4, 0.5) is 13.6 Å². The van der Waals surface area contributed by atoms with E-state index in [2.05, 4.69) is 9.97 Å². The van der Waals surface area contributed by atoms with Crippen LogP contribution in [0.1, 0.15) is 47.8 Å². The first-order valence-electron chi connectivity index (χ1n) is 15.3. The number of carbonyl (C=O) groups is 2. The lowest BCUT2D eigenvalue weighted by Gasteiger charge is -2.35. The molecule has 0 atom stereocenters. The van der Waals surface area contributed by atoms with Gasteiger partial charge in [0.05, 0.1) is 29.5 Å². The van der Waals surface area contributed by atoms with E-state index < -0.39 is 41.1 Å². The average Bonchev–Trinajstić information content (AvgIpc) is 3.50. The molecule has 1 aliphatic carbocycles. The largest absolute Gasteiger partial charge is 0.465 e. The van der Waals surface area contributed by atoms with Crippen molar-refractivity contribution >= 4 is 29.1 Å². The molecule has 0 aliphatic heterocycles. The summed E-state index contributed by atoms with van der Waals surface area (Å²) in [5.74, 6) is -1.17. The molecule has 7 rings (SSSR count). The average molecular weight is 651 g/mol. The summed E-state index contributed by atoms with van der Waals surface area (Å²) in [7, 11) is 0. The number of pyridine rings is 2. The molecule has 1 fully saturated rings. The van der Waals surface area contributed by atoms with E-state index in [1.165, 1.54) is 32.2 Å². The fraction of sp³-hybridized carbons (Fsp3) is 0.200. The minimum absolute atomic E-state index is 0.00850.